The fourth-order valence-corrected chi connectivity index (χ4v) is 3.04. The molecule has 0 amide bonds. The lowest BCUT2D eigenvalue weighted by atomic mass is 9.95. The minimum atomic E-state index is 0.602. The van der Waals surface area contributed by atoms with Crippen molar-refractivity contribution in [1.82, 2.24) is 9.55 Å². The standard InChI is InChI=1S/C17H24N4/c1-20(2)15-10-8-14(9-11-15)19-17-18-12-13-21(17)16-6-4-3-5-7-16/h8-13,16H,3-7H2,1-2H3,(H,18,19). The Labute approximate surface area is 126 Å². The summed E-state index contributed by atoms with van der Waals surface area (Å²) in [5.41, 5.74) is 2.29. The lowest BCUT2D eigenvalue weighted by Crippen LogP contribution is -2.14. The maximum absolute atomic E-state index is 4.49. The van der Waals surface area contributed by atoms with Gasteiger partial charge in [-0.15, -0.1) is 0 Å². The van der Waals surface area contributed by atoms with Crippen molar-refractivity contribution in [3.8, 4) is 0 Å². The second kappa shape index (κ2) is 6.20. The van der Waals surface area contributed by atoms with Crippen molar-refractivity contribution in [2.75, 3.05) is 24.3 Å². The smallest absolute Gasteiger partial charge is 0.207 e. The van der Waals surface area contributed by atoms with Crippen LogP contribution in [0.4, 0.5) is 17.3 Å². The molecule has 0 saturated heterocycles. The van der Waals surface area contributed by atoms with Gasteiger partial charge in [-0.2, -0.15) is 0 Å². The molecule has 0 unspecified atom stereocenters. The van der Waals surface area contributed by atoms with Gasteiger partial charge in [0.25, 0.3) is 0 Å². The molecule has 1 heterocycles. The van der Waals surface area contributed by atoms with Crippen molar-refractivity contribution < 1.29 is 0 Å². The van der Waals surface area contributed by atoms with Gasteiger partial charge in [0.05, 0.1) is 0 Å². The molecule has 1 saturated carbocycles. The zero-order valence-electron chi connectivity index (χ0n) is 12.9. The number of rotatable bonds is 4. The highest BCUT2D eigenvalue weighted by molar-refractivity contribution is 5.59. The molecule has 1 fully saturated rings. The maximum Gasteiger partial charge on any atom is 0.207 e. The zero-order valence-corrected chi connectivity index (χ0v) is 12.9. The molecular formula is C17H24N4. The monoisotopic (exact) mass is 284 g/mol. The van der Waals surface area contributed by atoms with Crippen molar-refractivity contribution in [3.63, 3.8) is 0 Å². The van der Waals surface area contributed by atoms with Crippen LogP contribution in [0.3, 0.4) is 0 Å². The normalized spacial score (nSPS) is 15.9. The third-order valence-electron chi connectivity index (χ3n) is 4.28. The predicted molar refractivity (Wildman–Crippen MR) is 88.4 cm³/mol. The number of hydrogen-bond acceptors (Lipinski definition) is 3. The first kappa shape index (κ1) is 14.0. The van der Waals surface area contributed by atoms with E-state index in [0.29, 0.717) is 6.04 Å². The lowest BCUT2D eigenvalue weighted by Gasteiger charge is -2.24. The largest absolute Gasteiger partial charge is 0.378 e. The third-order valence-corrected chi connectivity index (χ3v) is 4.28. The number of nitrogens with one attached hydrogen (secondary N) is 1. The molecule has 4 nitrogen and oxygen atoms in total. The summed E-state index contributed by atoms with van der Waals surface area (Å²) in [6, 6.07) is 9.06. The Morgan fingerprint density at radius 2 is 1.81 bits per heavy atom. The second-order valence-corrected chi connectivity index (χ2v) is 6.02. The zero-order chi connectivity index (χ0) is 14.7. The van der Waals surface area contributed by atoms with Gasteiger partial charge in [0.2, 0.25) is 5.95 Å². The summed E-state index contributed by atoms with van der Waals surface area (Å²) in [7, 11) is 4.11. The van der Waals surface area contributed by atoms with E-state index < -0.39 is 0 Å². The van der Waals surface area contributed by atoms with E-state index >= 15 is 0 Å². The van der Waals surface area contributed by atoms with Gasteiger partial charge in [0, 0.05) is 43.9 Å². The van der Waals surface area contributed by atoms with Crippen LogP contribution < -0.4 is 10.2 Å². The van der Waals surface area contributed by atoms with Gasteiger partial charge in [-0.25, -0.2) is 4.98 Å². The van der Waals surface area contributed by atoms with Crippen molar-refractivity contribution in [2.45, 2.75) is 38.1 Å². The van der Waals surface area contributed by atoms with Gasteiger partial charge < -0.3 is 14.8 Å². The molecule has 0 radical (unpaired) electrons. The molecule has 1 N–H and O–H groups in total. The molecule has 1 aliphatic carbocycles. The van der Waals surface area contributed by atoms with E-state index in [4.69, 9.17) is 0 Å². The molecule has 112 valence electrons. The maximum atomic E-state index is 4.49. The van der Waals surface area contributed by atoms with Crippen LogP contribution in [-0.4, -0.2) is 23.6 Å². The van der Waals surface area contributed by atoms with Crippen molar-refractivity contribution in [2.24, 2.45) is 0 Å². The Morgan fingerprint density at radius 3 is 2.48 bits per heavy atom. The molecular weight excluding hydrogens is 260 g/mol. The Hall–Kier alpha value is -1.97. The van der Waals surface area contributed by atoms with Crippen LogP contribution >= 0.6 is 0 Å². The minimum Gasteiger partial charge on any atom is -0.378 e. The summed E-state index contributed by atoms with van der Waals surface area (Å²) < 4.78 is 2.30. The van der Waals surface area contributed by atoms with Gasteiger partial charge in [-0.3, -0.25) is 0 Å². The van der Waals surface area contributed by atoms with E-state index in [-0.39, 0.29) is 0 Å². The summed E-state index contributed by atoms with van der Waals surface area (Å²) >= 11 is 0. The molecule has 1 aliphatic rings. The highest BCUT2D eigenvalue weighted by Crippen LogP contribution is 2.31. The summed E-state index contributed by atoms with van der Waals surface area (Å²) in [5, 5.41) is 3.45. The molecule has 0 aliphatic heterocycles. The number of hydrogen-bond donors (Lipinski definition) is 1. The minimum absolute atomic E-state index is 0.602. The lowest BCUT2D eigenvalue weighted by molar-refractivity contribution is 0.356. The number of aromatic nitrogens is 2. The van der Waals surface area contributed by atoms with Crippen LogP contribution in [0.1, 0.15) is 38.1 Å². The molecule has 2 aromatic rings. The SMILES string of the molecule is CN(C)c1ccc(Nc2nccn2C2CCCCC2)cc1. The topological polar surface area (TPSA) is 33.1 Å². The molecule has 0 atom stereocenters. The first-order chi connectivity index (χ1) is 10.2. The van der Waals surface area contributed by atoms with E-state index in [1.807, 2.05) is 6.20 Å². The molecule has 4 heteroatoms. The Bertz CT molecular complexity index is 565. The Kier molecular flexibility index (Phi) is 4.13. The van der Waals surface area contributed by atoms with Crippen molar-refractivity contribution in [3.05, 3.63) is 36.7 Å². The molecule has 1 aromatic heterocycles. The van der Waals surface area contributed by atoms with Crippen LogP contribution in [0.25, 0.3) is 0 Å². The van der Waals surface area contributed by atoms with Crippen LogP contribution in [0.5, 0.6) is 0 Å². The average molecular weight is 284 g/mol. The van der Waals surface area contributed by atoms with E-state index in [0.717, 1.165) is 11.6 Å². The van der Waals surface area contributed by atoms with Crippen LogP contribution in [-0.2, 0) is 0 Å². The highest BCUT2D eigenvalue weighted by atomic mass is 15.2. The fourth-order valence-electron chi connectivity index (χ4n) is 3.04. The molecule has 3 rings (SSSR count). The molecule has 0 spiro atoms. The van der Waals surface area contributed by atoms with Crippen LogP contribution in [0.15, 0.2) is 36.7 Å². The molecule has 1 aromatic carbocycles. The number of nitrogens with zero attached hydrogens (tertiary/aromatic N) is 3. The van der Waals surface area contributed by atoms with E-state index in [1.165, 1.54) is 37.8 Å². The highest BCUT2D eigenvalue weighted by Gasteiger charge is 2.17. The Balaban J connectivity index is 1.74. The fraction of sp³-hybridized carbons (Fsp3) is 0.471. The van der Waals surface area contributed by atoms with E-state index in [9.17, 15) is 0 Å². The second-order valence-electron chi connectivity index (χ2n) is 6.02. The molecule has 21 heavy (non-hydrogen) atoms. The van der Waals surface area contributed by atoms with Crippen molar-refractivity contribution >= 4 is 17.3 Å². The number of imidazole rings is 1. The summed E-state index contributed by atoms with van der Waals surface area (Å²) in [6.45, 7) is 0. The quantitative estimate of drug-likeness (QED) is 0.913. The van der Waals surface area contributed by atoms with Gasteiger partial charge >= 0.3 is 0 Å². The van der Waals surface area contributed by atoms with Crippen molar-refractivity contribution in [1.29, 1.82) is 0 Å². The Morgan fingerprint density at radius 1 is 1.10 bits per heavy atom. The van der Waals surface area contributed by atoms with E-state index in [2.05, 4.69) is 64.3 Å². The van der Waals surface area contributed by atoms with Gasteiger partial charge in [0.15, 0.2) is 0 Å². The van der Waals surface area contributed by atoms with Crippen LogP contribution in [0.2, 0.25) is 0 Å². The van der Waals surface area contributed by atoms with Gasteiger partial charge in [-0.05, 0) is 37.1 Å². The first-order valence-corrected chi connectivity index (χ1v) is 7.81. The first-order valence-electron chi connectivity index (χ1n) is 7.81. The average Bonchev–Trinajstić information content (AvgIpc) is 2.97. The van der Waals surface area contributed by atoms with E-state index in [1.54, 1.807) is 0 Å². The van der Waals surface area contributed by atoms with Crippen LogP contribution in [0, 0.1) is 0 Å². The van der Waals surface area contributed by atoms with Gasteiger partial charge in [-0.1, -0.05) is 19.3 Å². The summed E-state index contributed by atoms with van der Waals surface area (Å²) in [4.78, 5) is 6.59. The number of benzene rings is 1. The predicted octanol–water partition coefficient (Wildman–Crippen LogP) is 4.20. The summed E-state index contributed by atoms with van der Waals surface area (Å²) in [5.74, 6) is 0.958. The third kappa shape index (κ3) is 3.20. The molecule has 0 bridgehead atoms. The van der Waals surface area contributed by atoms with Gasteiger partial charge in [0.1, 0.15) is 0 Å². The summed E-state index contributed by atoms with van der Waals surface area (Å²) in [6.07, 6.45) is 10.6. The number of anilines is 3.